The van der Waals surface area contributed by atoms with E-state index < -0.39 is 27.4 Å². The molecule has 0 spiro atoms. The van der Waals surface area contributed by atoms with Crippen LogP contribution in [0.25, 0.3) is 0 Å². The largest absolute Gasteiger partial charge is 0.478 e. The molecule has 2 aromatic rings. The van der Waals surface area contributed by atoms with Gasteiger partial charge in [0.2, 0.25) is 0 Å². The van der Waals surface area contributed by atoms with Gasteiger partial charge >= 0.3 is 5.97 Å². The van der Waals surface area contributed by atoms with Crippen LogP contribution in [0.15, 0.2) is 47.4 Å². The van der Waals surface area contributed by atoms with Crippen molar-refractivity contribution >= 4 is 21.7 Å². The maximum Gasteiger partial charge on any atom is 0.338 e. The second-order valence-corrected chi connectivity index (χ2v) is 6.73. The van der Waals surface area contributed by atoms with Crippen LogP contribution in [0.5, 0.6) is 0 Å². The second kappa shape index (κ2) is 5.76. The molecule has 0 radical (unpaired) electrons. The highest BCUT2D eigenvalue weighted by Gasteiger charge is 2.24. The first-order chi connectivity index (χ1) is 10.2. The molecule has 0 saturated carbocycles. The smallest absolute Gasteiger partial charge is 0.338 e. The van der Waals surface area contributed by atoms with Crippen molar-refractivity contribution in [2.75, 3.05) is 11.4 Å². The Morgan fingerprint density at radius 1 is 1.18 bits per heavy atom. The van der Waals surface area contributed by atoms with E-state index in [4.69, 9.17) is 5.11 Å². The molecular weight excluding hydrogens is 309 g/mol. The monoisotopic (exact) mass is 323 g/mol. The van der Waals surface area contributed by atoms with Gasteiger partial charge in [-0.05, 0) is 42.8 Å². The number of aromatic carboxylic acids is 1. The molecular formula is C15H14FNO4S. The molecule has 0 atom stereocenters. The van der Waals surface area contributed by atoms with Crippen molar-refractivity contribution in [2.45, 2.75) is 11.8 Å². The first-order valence-corrected chi connectivity index (χ1v) is 7.76. The van der Waals surface area contributed by atoms with Crippen molar-refractivity contribution < 1.29 is 22.7 Å². The zero-order chi connectivity index (χ0) is 16.5. The van der Waals surface area contributed by atoms with Crippen LogP contribution in [0.4, 0.5) is 10.1 Å². The first-order valence-electron chi connectivity index (χ1n) is 6.32. The number of benzene rings is 2. The van der Waals surface area contributed by atoms with Gasteiger partial charge in [-0.2, -0.15) is 0 Å². The lowest BCUT2D eigenvalue weighted by molar-refractivity contribution is 0.0691. The minimum atomic E-state index is -3.98. The van der Waals surface area contributed by atoms with E-state index in [1.165, 1.54) is 7.05 Å². The SMILES string of the molecule is Cc1cccc(N(C)S(=O)(=O)c2ccc(F)c(C(=O)O)c2)c1. The Morgan fingerprint density at radius 2 is 1.86 bits per heavy atom. The molecule has 0 aliphatic rings. The number of hydrogen-bond acceptors (Lipinski definition) is 3. The summed E-state index contributed by atoms with van der Waals surface area (Å²) >= 11 is 0. The standard InChI is InChI=1S/C15H14FNO4S/c1-10-4-3-5-11(8-10)17(2)22(20,21)12-6-7-14(16)13(9-12)15(18)19/h3-9H,1-2H3,(H,18,19). The molecule has 2 aromatic carbocycles. The van der Waals surface area contributed by atoms with Gasteiger partial charge in [-0.1, -0.05) is 12.1 Å². The Balaban J connectivity index is 2.51. The molecule has 0 amide bonds. The zero-order valence-corrected chi connectivity index (χ0v) is 12.8. The average Bonchev–Trinajstić information content (AvgIpc) is 2.46. The normalized spacial score (nSPS) is 11.2. The van der Waals surface area contributed by atoms with Crippen LogP contribution in [-0.2, 0) is 10.0 Å². The van der Waals surface area contributed by atoms with Crippen LogP contribution < -0.4 is 4.31 Å². The molecule has 0 unspecified atom stereocenters. The fraction of sp³-hybridized carbons (Fsp3) is 0.133. The van der Waals surface area contributed by atoms with Crippen LogP contribution in [0, 0.1) is 12.7 Å². The van der Waals surface area contributed by atoms with E-state index in [-0.39, 0.29) is 4.90 Å². The Labute approximate surface area is 127 Å². The summed E-state index contributed by atoms with van der Waals surface area (Å²) < 4.78 is 39.5. The Hall–Kier alpha value is -2.41. The lowest BCUT2D eigenvalue weighted by atomic mass is 10.2. The molecule has 1 N–H and O–H groups in total. The van der Waals surface area contributed by atoms with Crippen molar-refractivity contribution in [3.05, 3.63) is 59.4 Å². The molecule has 0 heterocycles. The minimum Gasteiger partial charge on any atom is -0.478 e. The molecule has 22 heavy (non-hydrogen) atoms. The van der Waals surface area contributed by atoms with Crippen molar-refractivity contribution in [3.8, 4) is 0 Å². The summed E-state index contributed by atoms with van der Waals surface area (Å²) in [5.74, 6) is -2.50. The topological polar surface area (TPSA) is 74.7 Å². The number of halogens is 1. The van der Waals surface area contributed by atoms with Crippen LogP contribution in [-0.4, -0.2) is 26.5 Å². The molecule has 0 bridgehead atoms. The molecule has 2 rings (SSSR count). The molecule has 0 fully saturated rings. The van der Waals surface area contributed by atoms with Gasteiger partial charge in [-0.15, -0.1) is 0 Å². The molecule has 0 aliphatic heterocycles. The minimum absolute atomic E-state index is 0.282. The number of anilines is 1. The van der Waals surface area contributed by atoms with Crippen LogP contribution in [0.2, 0.25) is 0 Å². The van der Waals surface area contributed by atoms with Crippen molar-refractivity contribution in [2.24, 2.45) is 0 Å². The Morgan fingerprint density at radius 3 is 2.45 bits per heavy atom. The van der Waals surface area contributed by atoms with Crippen molar-refractivity contribution in [1.29, 1.82) is 0 Å². The highest BCUT2D eigenvalue weighted by molar-refractivity contribution is 7.92. The third-order valence-electron chi connectivity index (χ3n) is 3.19. The third-order valence-corrected chi connectivity index (χ3v) is 4.97. The van der Waals surface area contributed by atoms with Gasteiger partial charge in [0.15, 0.2) is 0 Å². The fourth-order valence-corrected chi connectivity index (χ4v) is 3.16. The Bertz CT molecular complexity index is 833. The number of rotatable bonds is 4. The molecule has 0 saturated heterocycles. The van der Waals surface area contributed by atoms with Gasteiger partial charge in [-0.25, -0.2) is 17.6 Å². The molecule has 116 valence electrons. The average molecular weight is 323 g/mol. The van der Waals surface area contributed by atoms with Crippen LogP contribution in [0.1, 0.15) is 15.9 Å². The van der Waals surface area contributed by atoms with Gasteiger partial charge in [0.05, 0.1) is 16.1 Å². The molecule has 0 aliphatic carbocycles. The van der Waals surface area contributed by atoms with Gasteiger partial charge in [0, 0.05) is 7.05 Å². The summed E-state index contributed by atoms with van der Waals surface area (Å²) in [6.07, 6.45) is 0. The van der Waals surface area contributed by atoms with E-state index in [1.54, 1.807) is 18.2 Å². The molecule has 0 aromatic heterocycles. The number of aryl methyl sites for hydroxylation is 1. The third kappa shape index (κ3) is 2.94. The van der Waals surface area contributed by atoms with Gasteiger partial charge in [0.1, 0.15) is 5.82 Å². The molecule has 7 heteroatoms. The van der Waals surface area contributed by atoms with E-state index in [9.17, 15) is 17.6 Å². The predicted octanol–water partition coefficient (Wildman–Crippen LogP) is 2.66. The summed E-state index contributed by atoms with van der Waals surface area (Å²) in [5, 5.41) is 8.90. The van der Waals surface area contributed by atoms with Crippen molar-refractivity contribution in [3.63, 3.8) is 0 Å². The summed E-state index contributed by atoms with van der Waals surface area (Å²) in [6.45, 7) is 1.82. The Kier molecular flexibility index (Phi) is 4.18. The van der Waals surface area contributed by atoms with Gasteiger partial charge in [-0.3, -0.25) is 4.31 Å². The van der Waals surface area contributed by atoms with E-state index in [2.05, 4.69) is 0 Å². The van der Waals surface area contributed by atoms with Crippen molar-refractivity contribution in [1.82, 2.24) is 0 Å². The zero-order valence-electron chi connectivity index (χ0n) is 11.9. The number of nitrogens with zero attached hydrogens (tertiary/aromatic N) is 1. The predicted molar refractivity (Wildman–Crippen MR) is 80.1 cm³/mol. The highest BCUT2D eigenvalue weighted by Crippen LogP contribution is 2.24. The van der Waals surface area contributed by atoms with Gasteiger partial charge in [0.25, 0.3) is 10.0 Å². The maximum absolute atomic E-state index is 13.4. The second-order valence-electron chi connectivity index (χ2n) is 4.76. The maximum atomic E-state index is 13.4. The van der Waals surface area contributed by atoms with E-state index in [0.29, 0.717) is 5.69 Å². The summed E-state index contributed by atoms with van der Waals surface area (Å²) in [7, 11) is -2.62. The first kappa shape index (κ1) is 16.0. The quantitative estimate of drug-likeness (QED) is 0.938. The highest BCUT2D eigenvalue weighted by atomic mass is 32.2. The lowest BCUT2D eigenvalue weighted by Crippen LogP contribution is -2.27. The number of carbonyl (C=O) groups is 1. The van der Waals surface area contributed by atoms with E-state index in [0.717, 1.165) is 28.1 Å². The van der Waals surface area contributed by atoms with E-state index >= 15 is 0 Å². The molecule has 5 nitrogen and oxygen atoms in total. The summed E-state index contributed by atoms with van der Waals surface area (Å²) in [4.78, 5) is 10.7. The fourth-order valence-electron chi connectivity index (χ4n) is 1.95. The van der Waals surface area contributed by atoms with Crippen LogP contribution in [0.3, 0.4) is 0 Å². The summed E-state index contributed by atoms with van der Waals surface area (Å²) in [6, 6.07) is 9.53. The number of carboxylic acids is 1. The van der Waals surface area contributed by atoms with Crippen LogP contribution >= 0.6 is 0 Å². The summed E-state index contributed by atoms with van der Waals surface area (Å²) in [5.41, 5.74) is 0.629. The number of carboxylic acid groups (broad SMARTS) is 1. The number of hydrogen-bond donors (Lipinski definition) is 1. The lowest BCUT2D eigenvalue weighted by Gasteiger charge is -2.20. The number of sulfonamides is 1. The van der Waals surface area contributed by atoms with Gasteiger partial charge < -0.3 is 5.11 Å². The van der Waals surface area contributed by atoms with E-state index in [1.807, 2.05) is 13.0 Å².